The molecule has 0 fully saturated rings. The molecule has 0 radical (unpaired) electrons. The van der Waals surface area contributed by atoms with E-state index in [0.717, 1.165) is 33.1 Å². The van der Waals surface area contributed by atoms with Gasteiger partial charge < -0.3 is 10.1 Å². The van der Waals surface area contributed by atoms with Gasteiger partial charge in [0.05, 0.1) is 7.11 Å². The van der Waals surface area contributed by atoms with Crippen molar-refractivity contribution in [2.75, 3.05) is 12.4 Å². The fraction of sp³-hybridized carbons (Fsp3) is 0.158. The Bertz CT molecular complexity index is 849. The summed E-state index contributed by atoms with van der Waals surface area (Å²) in [6, 6.07) is 13.6. The van der Waals surface area contributed by atoms with Crippen molar-refractivity contribution in [3.63, 3.8) is 0 Å². The van der Waals surface area contributed by atoms with Crippen molar-refractivity contribution >= 4 is 22.9 Å². The van der Waals surface area contributed by atoms with E-state index >= 15 is 0 Å². The van der Waals surface area contributed by atoms with Gasteiger partial charge in [-0.3, -0.25) is 4.79 Å². The Morgan fingerprint density at radius 2 is 1.75 bits per heavy atom. The lowest BCUT2D eigenvalue weighted by atomic mass is 10.1. The Labute approximate surface area is 145 Å². The zero-order chi connectivity index (χ0) is 17.1. The van der Waals surface area contributed by atoms with Gasteiger partial charge in [0, 0.05) is 16.6 Å². The molecule has 2 aromatic carbocycles. The van der Waals surface area contributed by atoms with Crippen molar-refractivity contribution < 1.29 is 9.53 Å². The summed E-state index contributed by atoms with van der Waals surface area (Å²) in [6.07, 6.45) is 0. The molecule has 0 atom stereocenters. The number of ether oxygens (including phenoxy) is 1. The number of rotatable bonds is 4. The van der Waals surface area contributed by atoms with E-state index in [9.17, 15) is 4.79 Å². The highest BCUT2D eigenvalue weighted by molar-refractivity contribution is 7.13. The molecule has 24 heavy (non-hydrogen) atoms. The van der Waals surface area contributed by atoms with Gasteiger partial charge in [-0.1, -0.05) is 18.2 Å². The normalized spacial score (nSPS) is 10.5. The summed E-state index contributed by atoms with van der Waals surface area (Å²) in [4.78, 5) is 16.9. The molecule has 122 valence electrons. The maximum atomic E-state index is 12.5. The van der Waals surface area contributed by atoms with Crippen LogP contribution in [0.5, 0.6) is 5.75 Å². The van der Waals surface area contributed by atoms with E-state index in [-0.39, 0.29) is 5.91 Å². The third-order valence-corrected chi connectivity index (χ3v) is 4.68. The van der Waals surface area contributed by atoms with Crippen molar-refractivity contribution in [2.45, 2.75) is 13.8 Å². The number of aromatic nitrogens is 1. The Hall–Kier alpha value is -2.66. The fourth-order valence-electron chi connectivity index (χ4n) is 2.43. The molecule has 1 aromatic heterocycles. The van der Waals surface area contributed by atoms with Crippen LogP contribution in [-0.4, -0.2) is 18.0 Å². The lowest BCUT2D eigenvalue weighted by Gasteiger charge is -2.10. The molecule has 1 heterocycles. The van der Waals surface area contributed by atoms with Crippen LogP contribution in [0.15, 0.2) is 47.8 Å². The predicted molar refractivity (Wildman–Crippen MR) is 98.0 cm³/mol. The van der Waals surface area contributed by atoms with Gasteiger partial charge >= 0.3 is 0 Å². The molecular weight excluding hydrogens is 320 g/mol. The van der Waals surface area contributed by atoms with Gasteiger partial charge in [-0.15, -0.1) is 11.3 Å². The molecule has 0 aliphatic heterocycles. The number of nitrogens with one attached hydrogen (secondary N) is 1. The highest BCUT2D eigenvalue weighted by Gasteiger charge is 2.14. The number of hydrogen-bond donors (Lipinski definition) is 1. The van der Waals surface area contributed by atoms with Crippen LogP contribution in [0, 0.1) is 13.8 Å². The first kappa shape index (κ1) is 16.2. The first-order valence-electron chi connectivity index (χ1n) is 7.56. The summed E-state index contributed by atoms with van der Waals surface area (Å²) in [6.45, 7) is 3.96. The minimum Gasteiger partial charge on any atom is -0.497 e. The Morgan fingerprint density at radius 3 is 2.38 bits per heavy atom. The third kappa shape index (κ3) is 3.31. The molecule has 0 aliphatic carbocycles. The van der Waals surface area contributed by atoms with Crippen LogP contribution >= 0.6 is 11.3 Å². The number of amides is 1. The quantitative estimate of drug-likeness (QED) is 0.751. The molecule has 0 bridgehead atoms. The van der Waals surface area contributed by atoms with Crippen LogP contribution < -0.4 is 10.1 Å². The maximum Gasteiger partial charge on any atom is 0.275 e. The van der Waals surface area contributed by atoms with Gasteiger partial charge in [0.15, 0.2) is 0 Å². The Balaban J connectivity index is 1.80. The zero-order valence-corrected chi connectivity index (χ0v) is 14.6. The third-order valence-electron chi connectivity index (χ3n) is 3.79. The van der Waals surface area contributed by atoms with Gasteiger partial charge in [0.25, 0.3) is 5.91 Å². The summed E-state index contributed by atoms with van der Waals surface area (Å²) in [7, 11) is 1.63. The molecule has 3 rings (SSSR count). The van der Waals surface area contributed by atoms with Crippen molar-refractivity contribution in [3.05, 3.63) is 64.7 Å². The van der Waals surface area contributed by atoms with Crippen LogP contribution in [0.3, 0.4) is 0 Å². The lowest BCUT2D eigenvalue weighted by Crippen LogP contribution is -2.14. The lowest BCUT2D eigenvalue weighted by molar-refractivity contribution is 0.102. The van der Waals surface area contributed by atoms with E-state index in [2.05, 4.69) is 10.3 Å². The Morgan fingerprint density at radius 1 is 1.08 bits per heavy atom. The molecule has 1 amide bonds. The van der Waals surface area contributed by atoms with Gasteiger partial charge in [-0.05, 0) is 49.2 Å². The van der Waals surface area contributed by atoms with Gasteiger partial charge in [-0.2, -0.15) is 0 Å². The van der Waals surface area contributed by atoms with Crippen LogP contribution in [-0.2, 0) is 0 Å². The van der Waals surface area contributed by atoms with E-state index in [1.54, 1.807) is 12.5 Å². The summed E-state index contributed by atoms with van der Waals surface area (Å²) in [5, 5.41) is 5.55. The second-order valence-corrected chi connectivity index (χ2v) is 6.35. The molecule has 0 spiro atoms. The van der Waals surface area contributed by atoms with E-state index in [1.807, 2.05) is 56.3 Å². The minimum atomic E-state index is -0.191. The minimum absolute atomic E-state index is 0.191. The summed E-state index contributed by atoms with van der Waals surface area (Å²) in [5.74, 6) is 0.603. The molecule has 4 nitrogen and oxygen atoms in total. The highest BCUT2D eigenvalue weighted by Crippen LogP contribution is 2.26. The van der Waals surface area contributed by atoms with Crippen molar-refractivity contribution in [2.24, 2.45) is 0 Å². The molecule has 5 heteroatoms. The standard InChI is InChI=1S/C19H18N2O2S/c1-12-5-4-6-13(2)17(12)21-18(22)16-11-24-19(20-16)14-7-9-15(23-3)10-8-14/h4-11H,1-3H3,(H,21,22). The number of methoxy groups -OCH3 is 1. The van der Waals surface area contributed by atoms with Crippen molar-refractivity contribution in [3.8, 4) is 16.3 Å². The molecule has 0 aliphatic rings. The van der Waals surface area contributed by atoms with E-state index in [4.69, 9.17) is 4.74 Å². The second-order valence-electron chi connectivity index (χ2n) is 5.49. The SMILES string of the molecule is COc1ccc(-c2nc(C(=O)Nc3c(C)cccc3C)cs2)cc1. The molecule has 1 N–H and O–H groups in total. The van der Waals surface area contributed by atoms with E-state index in [1.165, 1.54) is 11.3 Å². The number of para-hydroxylation sites is 1. The topological polar surface area (TPSA) is 51.2 Å². The van der Waals surface area contributed by atoms with Gasteiger partial charge in [-0.25, -0.2) is 4.98 Å². The number of nitrogens with zero attached hydrogens (tertiary/aromatic N) is 1. The smallest absolute Gasteiger partial charge is 0.275 e. The largest absolute Gasteiger partial charge is 0.497 e. The summed E-state index contributed by atoms with van der Waals surface area (Å²) in [5.41, 5.74) is 4.31. The summed E-state index contributed by atoms with van der Waals surface area (Å²) < 4.78 is 5.16. The van der Waals surface area contributed by atoms with E-state index < -0.39 is 0 Å². The number of aryl methyl sites for hydroxylation is 2. The first-order valence-corrected chi connectivity index (χ1v) is 8.44. The van der Waals surface area contributed by atoms with Crippen LogP contribution in [0.2, 0.25) is 0 Å². The molecule has 0 saturated heterocycles. The number of hydrogen-bond acceptors (Lipinski definition) is 4. The molecule has 3 aromatic rings. The average molecular weight is 338 g/mol. The average Bonchev–Trinajstić information content (AvgIpc) is 3.08. The first-order chi connectivity index (χ1) is 11.6. The number of anilines is 1. The number of benzene rings is 2. The van der Waals surface area contributed by atoms with Gasteiger partial charge in [0.2, 0.25) is 0 Å². The van der Waals surface area contributed by atoms with Crippen molar-refractivity contribution in [1.29, 1.82) is 0 Å². The monoisotopic (exact) mass is 338 g/mol. The van der Waals surface area contributed by atoms with Crippen LogP contribution in [0.25, 0.3) is 10.6 Å². The summed E-state index contributed by atoms with van der Waals surface area (Å²) >= 11 is 1.45. The van der Waals surface area contributed by atoms with Crippen LogP contribution in [0.4, 0.5) is 5.69 Å². The number of carbonyl (C=O) groups is 1. The number of thiazole rings is 1. The highest BCUT2D eigenvalue weighted by atomic mass is 32.1. The molecule has 0 saturated carbocycles. The van der Waals surface area contributed by atoms with Crippen LogP contribution in [0.1, 0.15) is 21.6 Å². The molecular formula is C19H18N2O2S. The maximum absolute atomic E-state index is 12.5. The zero-order valence-electron chi connectivity index (χ0n) is 13.8. The Kier molecular flexibility index (Phi) is 4.62. The van der Waals surface area contributed by atoms with Crippen molar-refractivity contribution in [1.82, 2.24) is 4.98 Å². The van der Waals surface area contributed by atoms with Gasteiger partial charge in [0.1, 0.15) is 16.5 Å². The second kappa shape index (κ2) is 6.84. The van der Waals surface area contributed by atoms with E-state index in [0.29, 0.717) is 5.69 Å². The fourth-order valence-corrected chi connectivity index (χ4v) is 3.24. The number of carbonyl (C=O) groups excluding carboxylic acids is 1. The predicted octanol–water partition coefficient (Wildman–Crippen LogP) is 4.69. The molecule has 0 unspecified atom stereocenters.